The Bertz CT molecular complexity index is 508. The van der Waals surface area contributed by atoms with E-state index in [2.05, 4.69) is 17.6 Å². The third kappa shape index (κ3) is 15.7. The lowest BCUT2D eigenvalue weighted by molar-refractivity contribution is 0.238. The number of urea groups is 1. The van der Waals surface area contributed by atoms with E-state index in [1.807, 2.05) is 0 Å². The Morgan fingerprint density at radius 1 is 0.759 bits per heavy atom. The smallest absolute Gasteiger partial charge is 0.315 e. The second-order valence-electron chi connectivity index (χ2n) is 8.80. The number of hydrogen-bond donors (Lipinski definition) is 2. The molecule has 2 amide bonds. The summed E-state index contributed by atoms with van der Waals surface area (Å²) in [6.07, 6.45) is 22.0. The predicted octanol–water partition coefficient (Wildman–Crippen LogP) is 5.73. The van der Waals surface area contributed by atoms with Crippen LogP contribution in [-0.4, -0.2) is 38.5 Å². The first-order valence-electron chi connectivity index (χ1n) is 12.3. The summed E-state index contributed by atoms with van der Waals surface area (Å²) in [4.78, 5) is 11.8. The minimum Gasteiger partial charge on any atom is -0.338 e. The molecule has 0 aliphatic carbocycles. The Balaban J connectivity index is 1.75. The highest BCUT2D eigenvalue weighted by molar-refractivity contribution is 7.91. The molecule has 0 aromatic rings. The molecular formula is C23H46N2O3S. The molecule has 1 heterocycles. The van der Waals surface area contributed by atoms with Crippen molar-refractivity contribution in [2.75, 3.05) is 18.1 Å². The number of hydrogen-bond acceptors (Lipinski definition) is 3. The molecule has 0 saturated carbocycles. The van der Waals surface area contributed by atoms with Gasteiger partial charge in [0.1, 0.15) is 0 Å². The molecule has 172 valence electrons. The molecule has 0 aromatic heterocycles. The van der Waals surface area contributed by atoms with Crippen molar-refractivity contribution in [3.63, 3.8) is 0 Å². The van der Waals surface area contributed by atoms with Crippen molar-refractivity contribution in [1.82, 2.24) is 10.6 Å². The van der Waals surface area contributed by atoms with Gasteiger partial charge in [0.05, 0.1) is 11.5 Å². The highest BCUT2D eigenvalue weighted by atomic mass is 32.2. The zero-order chi connectivity index (χ0) is 21.2. The molecule has 0 spiro atoms. The molecule has 0 aromatic carbocycles. The summed E-state index contributed by atoms with van der Waals surface area (Å²) in [5.74, 6) is 0.274. The van der Waals surface area contributed by atoms with Crippen LogP contribution in [0.4, 0.5) is 4.79 Å². The van der Waals surface area contributed by atoms with Gasteiger partial charge in [0.15, 0.2) is 9.84 Å². The summed E-state index contributed by atoms with van der Waals surface area (Å²) in [6, 6.07) is -0.446. The van der Waals surface area contributed by atoms with Crippen molar-refractivity contribution < 1.29 is 13.2 Å². The maximum Gasteiger partial charge on any atom is 0.315 e. The zero-order valence-electron chi connectivity index (χ0n) is 18.9. The topological polar surface area (TPSA) is 75.3 Å². The van der Waals surface area contributed by atoms with E-state index in [0.717, 1.165) is 12.8 Å². The number of amides is 2. The minimum atomic E-state index is -2.94. The highest BCUT2D eigenvalue weighted by Gasteiger charge is 2.28. The summed E-state index contributed by atoms with van der Waals surface area (Å²) in [5, 5.41) is 5.60. The lowest BCUT2D eigenvalue weighted by atomic mass is 10.0. The molecule has 1 unspecified atom stereocenters. The Kier molecular flexibility index (Phi) is 15.4. The van der Waals surface area contributed by atoms with Gasteiger partial charge >= 0.3 is 6.03 Å². The summed E-state index contributed by atoms with van der Waals surface area (Å²) in [7, 11) is -2.94. The fourth-order valence-electron chi connectivity index (χ4n) is 4.02. The summed E-state index contributed by atoms with van der Waals surface area (Å²) in [6.45, 7) is 2.94. The Morgan fingerprint density at radius 3 is 1.62 bits per heavy atom. The van der Waals surface area contributed by atoms with Crippen LogP contribution < -0.4 is 10.6 Å². The van der Waals surface area contributed by atoms with Gasteiger partial charge in [-0.3, -0.25) is 0 Å². The van der Waals surface area contributed by atoms with E-state index >= 15 is 0 Å². The number of sulfone groups is 1. The molecule has 29 heavy (non-hydrogen) atoms. The largest absolute Gasteiger partial charge is 0.338 e. The average Bonchev–Trinajstić information content (AvgIpc) is 3.02. The predicted molar refractivity (Wildman–Crippen MR) is 123 cm³/mol. The van der Waals surface area contributed by atoms with Gasteiger partial charge in [-0.05, 0) is 12.8 Å². The van der Waals surface area contributed by atoms with E-state index in [0.29, 0.717) is 13.0 Å². The maximum absolute atomic E-state index is 11.8. The van der Waals surface area contributed by atoms with Crippen LogP contribution in [0.2, 0.25) is 0 Å². The quantitative estimate of drug-likeness (QED) is 0.272. The summed E-state index contributed by atoms with van der Waals surface area (Å²) < 4.78 is 22.8. The van der Waals surface area contributed by atoms with Crippen molar-refractivity contribution >= 4 is 15.9 Å². The Morgan fingerprint density at radius 2 is 1.21 bits per heavy atom. The number of unbranched alkanes of at least 4 members (excludes halogenated alkanes) is 15. The minimum absolute atomic E-state index is 0.0828. The van der Waals surface area contributed by atoms with Gasteiger partial charge in [-0.25, -0.2) is 13.2 Å². The highest BCUT2D eigenvalue weighted by Crippen LogP contribution is 2.14. The van der Waals surface area contributed by atoms with Gasteiger partial charge in [-0.15, -0.1) is 0 Å². The van der Waals surface area contributed by atoms with E-state index in [4.69, 9.17) is 0 Å². The SMILES string of the molecule is CCCCCCCCCCCCCCCCCCNC(=O)NC1CCS(=O)(=O)C1. The van der Waals surface area contributed by atoms with Crippen LogP contribution in [0.3, 0.4) is 0 Å². The van der Waals surface area contributed by atoms with Crippen LogP contribution >= 0.6 is 0 Å². The third-order valence-corrected chi connectivity index (χ3v) is 7.65. The number of nitrogens with one attached hydrogen (secondary N) is 2. The zero-order valence-corrected chi connectivity index (χ0v) is 19.7. The van der Waals surface area contributed by atoms with Crippen LogP contribution in [0.5, 0.6) is 0 Å². The molecule has 1 aliphatic rings. The van der Waals surface area contributed by atoms with Crippen LogP contribution in [0.1, 0.15) is 116 Å². The van der Waals surface area contributed by atoms with E-state index < -0.39 is 9.84 Å². The molecule has 0 bridgehead atoms. The molecule has 1 aliphatic heterocycles. The van der Waals surface area contributed by atoms with Crippen molar-refractivity contribution in [2.24, 2.45) is 0 Å². The summed E-state index contributed by atoms with van der Waals surface area (Å²) >= 11 is 0. The fourth-order valence-corrected chi connectivity index (χ4v) is 5.69. The van der Waals surface area contributed by atoms with Crippen molar-refractivity contribution in [3.8, 4) is 0 Å². The molecule has 1 atom stereocenters. The molecular weight excluding hydrogens is 384 g/mol. The molecule has 5 nitrogen and oxygen atoms in total. The normalized spacial score (nSPS) is 18.0. The van der Waals surface area contributed by atoms with Gasteiger partial charge in [-0.2, -0.15) is 0 Å². The molecule has 1 saturated heterocycles. The Hall–Kier alpha value is -0.780. The van der Waals surface area contributed by atoms with Gasteiger partial charge in [-0.1, -0.05) is 103 Å². The molecule has 1 fully saturated rings. The van der Waals surface area contributed by atoms with E-state index in [1.54, 1.807) is 0 Å². The second-order valence-corrected chi connectivity index (χ2v) is 11.0. The van der Waals surface area contributed by atoms with Crippen LogP contribution in [0.25, 0.3) is 0 Å². The van der Waals surface area contributed by atoms with Gasteiger partial charge in [0, 0.05) is 12.6 Å². The van der Waals surface area contributed by atoms with Gasteiger partial charge in [0.25, 0.3) is 0 Å². The molecule has 2 N–H and O–H groups in total. The van der Waals surface area contributed by atoms with Crippen molar-refractivity contribution in [3.05, 3.63) is 0 Å². The lowest BCUT2D eigenvalue weighted by Crippen LogP contribution is -2.42. The lowest BCUT2D eigenvalue weighted by Gasteiger charge is -2.11. The molecule has 1 rings (SSSR count). The number of carbonyl (C=O) groups excluding carboxylic acids is 1. The van der Waals surface area contributed by atoms with Crippen LogP contribution in [-0.2, 0) is 9.84 Å². The standard InChI is InChI=1S/C23H46N2O3S/c1-2-3-4-5-6-7-8-9-10-11-12-13-14-15-16-17-19-24-23(26)25-22-18-20-29(27,28)21-22/h22H,2-21H2,1H3,(H2,24,25,26). The van der Waals surface area contributed by atoms with E-state index in [1.165, 1.54) is 89.9 Å². The first kappa shape index (κ1) is 26.3. The fraction of sp³-hybridized carbons (Fsp3) is 0.957. The first-order chi connectivity index (χ1) is 14.0. The molecule has 6 heteroatoms. The number of carbonyl (C=O) groups is 1. The van der Waals surface area contributed by atoms with Crippen molar-refractivity contribution in [1.29, 1.82) is 0 Å². The average molecular weight is 431 g/mol. The van der Waals surface area contributed by atoms with Crippen LogP contribution in [0.15, 0.2) is 0 Å². The maximum atomic E-state index is 11.8. The third-order valence-electron chi connectivity index (χ3n) is 5.88. The monoisotopic (exact) mass is 430 g/mol. The van der Waals surface area contributed by atoms with Gasteiger partial charge < -0.3 is 10.6 Å². The van der Waals surface area contributed by atoms with E-state index in [9.17, 15) is 13.2 Å². The van der Waals surface area contributed by atoms with Crippen molar-refractivity contribution in [2.45, 2.75) is 122 Å². The molecule has 0 radical (unpaired) electrons. The van der Waals surface area contributed by atoms with Crippen LogP contribution in [0, 0.1) is 0 Å². The van der Waals surface area contributed by atoms with E-state index in [-0.39, 0.29) is 23.6 Å². The summed E-state index contributed by atoms with van der Waals surface area (Å²) in [5.41, 5.74) is 0. The number of rotatable bonds is 18. The Labute approximate surface area is 180 Å². The second kappa shape index (κ2) is 17.0. The van der Waals surface area contributed by atoms with Gasteiger partial charge in [0.2, 0.25) is 0 Å². The first-order valence-corrected chi connectivity index (χ1v) is 14.1.